The van der Waals surface area contributed by atoms with Crippen molar-refractivity contribution in [2.24, 2.45) is 0 Å². The van der Waals surface area contributed by atoms with Crippen molar-refractivity contribution in [2.75, 3.05) is 25.9 Å². The van der Waals surface area contributed by atoms with E-state index in [1.54, 1.807) is 11.0 Å². The predicted octanol–water partition coefficient (Wildman–Crippen LogP) is 2.06. The van der Waals surface area contributed by atoms with E-state index in [0.717, 1.165) is 30.8 Å². The number of nitro groups is 1. The van der Waals surface area contributed by atoms with E-state index in [4.69, 9.17) is 0 Å². The largest absolute Gasteiger partial charge is 0.351 e. The van der Waals surface area contributed by atoms with Gasteiger partial charge in [-0.15, -0.1) is 11.8 Å². The number of rotatable bonds is 6. The van der Waals surface area contributed by atoms with Crippen LogP contribution >= 0.6 is 11.8 Å². The van der Waals surface area contributed by atoms with Gasteiger partial charge in [0.25, 0.3) is 11.6 Å². The molecule has 7 nitrogen and oxygen atoms in total. The summed E-state index contributed by atoms with van der Waals surface area (Å²) in [5, 5.41) is 13.6. The summed E-state index contributed by atoms with van der Waals surface area (Å²) in [6.45, 7) is 1.72. The van der Waals surface area contributed by atoms with Crippen molar-refractivity contribution in [3.8, 4) is 0 Å². The third kappa shape index (κ3) is 4.44. The van der Waals surface area contributed by atoms with E-state index in [1.165, 1.54) is 23.9 Å². The molecule has 0 saturated carbocycles. The van der Waals surface area contributed by atoms with Gasteiger partial charge < -0.3 is 10.2 Å². The van der Waals surface area contributed by atoms with Crippen LogP contribution in [0.3, 0.4) is 0 Å². The number of hydrogen-bond acceptors (Lipinski definition) is 5. The lowest BCUT2D eigenvalue weighted by Crippen LogP contribution is -2.32. The summed E-state index contributed by atoms with van der Waals surface area (Å²) in [5.41, 5.74) is -0.207. The van der Waals surface area contributed by atoms with Crippen LogP contribution in [0.5, 0.6) is 0 Å². The topological polar surface area (TPSA) is 92.5 Å². The van der Waals surface area contributed by atoms with E-state index in [2.05, 4.69) is 5.32 Å². The molecule has 0 unspecified atom stereocenters. The quantitative estimate of drug-likeness (QED) is 0.487. The van der Waals surface area contributed by atoms with Crippen molar-refractivity contribution in [3.63, 3.8) is 0 Å². The molecule has 124 valence electrons. The molecule has 1 fully saturated rings. The number of carbonyl (C=O) groups excluding carboxylic acids is 2. The number of amides is 2. The molecular formula is C15H19N3O4S. The Hall–Kier alpha value is -2.09. The normalized spacial score (nSPS) is 13.9. The van der Waals surface area contributed by atoms with Crippen LogP contribution in [-0.2, 0) is 4.79 Å². The third-order valence-corrected chi connectivity index (χ3v) is 4.45. The van der Waals surface area contributed by atoms with Crippen molar-refractivity contribution in [3.05, 3.63) is 33.9 Å². The van der Waals surface area contributed by atoms with Gasteiger partial charge in [0.15, 0.2) is 0 Å². The summed E-state index contributed by atoms with van der Waals surface area (Å²) >= 11 is 1.40. The number of hydrogen-bond donors (Lipinski definition) is 1. The minimum Gasteiger partial charge on any atom is -0.351 e. The Morgan fingerprint density at radius 3 is 2.65 bits per heavy atom. The van der Waals surface area contributed by atoms with Gasteiger partial charge in [-0.2, -0.15) is 0 Å². The fourth-order valence-electron chi connectivity index (χ4n) is 2.49. The summed E-state index contributed by atoms with van der Waals surface area (Å²) < 4.78 is 0. The van der Waals surface area contributed by atoms with E-state index >= 15 is 0 Å². The monoisotopic (exact) mass is 337 g/mol. The Morgan fingerprint density at radius 1 is 1.35 bits per heavy atom. The number of nitrogens with one attached hydrogen (secondary N) is 1. The average molecular weight is 337 g/mol. The zero-order valence-electron chi connectivity index (χ0n) is 12.9. The molecule has 1 aromatic carbocycles. The van der Waals surface area contributed by atoms with Crippen LogP contribution in [0.1, 0.15) is 29.6 Å². The highest BCUT2D eigenvalue weighted by atomic mass is 32.2. The Kier molecular flexibility index (Phi) is 5.97. The van der Waals surface area contributed by atoms with E-state index in [-0.39, 0.29) is 30.1 Å². The third-order valence-electron chi connectivity index (χ3n) is 3.73. The summed E-state index contributed by atoms with van der Waals surface area (Å²) in [7, 11) is 0. The molecule has 2 amide bonds. The molecule has 0 spiro atoms. The summed E-state index contributed by atoms with van der Waals surface area (Å²) in [5.74, 6) is -0.517. The van der Waals surface area contributed by atoms with E-state index in [0.29, 0.717) is 0 Å². The molecule has 0 radical (unpaired) electrons. The van der Waals surface area contributed by atoms with Gasteiger partial charge in [0.2, 0.25) is 5.91 Å². The fourth-order valence-corrected chi connectivity index (χ4v) is 2.93. The lowest BCUT2D eigenvalue weighted by atomic mass is 10.1. The second kappa shape index (κ2) is 7.96. The Bertz CT molecular complexity index is 615. The van der Waals surface area contributed by atoms with Crippen molar-refractivity contribution in [1.82, 2.24) is 10.2 Å². The molecule has 1 aliphatic rings. The number of thioether (sulfide) groups is 1. The van der Waals surface area contributed by atoms with Gasteiger partial charge in [-0.05, 0) is 31.2 Å². The SMILES string of the molecule is CSc1ccc([N+](=O)[O-])c(C(=O)NCCC(=O)N2CCCC2)c1. The van der Waals surface area contributed by atoms with Crippen LogP contribution in [-0.4, -0.2) is 47.5 Å². The number of likely N-dealkylation sites (tertiary alicyclic amines) is 1. The van der Waals surface area contributed by atoms with Crippen molar-refractivity contribution in [2.45, 2.75) is 24.2 Å². The molecule has 1 heterocycles. The van der Waals surface area contributed by atoms with Crippen LogP contribution in [0.25, 0.3) is 0 Å². The maximum absolute atomic E-state index is 12.2. The molecule has 1 aliphatic heterocycles. The van der Waals surface area contributed by atoms with E-state index in [9.17, 15) is 19.7 Å². The van der Waals surface area contributed by atoms with Gasteiger partial charge in [-0.1, -0.05) is 0 Å². The zero-order valence-corrected chi connectivity index (χ0v) is 13.7. The highest BCUT2D eigenvalue weighted by Gasteiger charge is 2.21. The first-order valence-corrected chi connectivity index (χ1v) is 8.64. The lowest BCUT2D eigenvalue weighted by Gasteiger charge is -2.15. The number of benzene rings is 1. The van der Waals surface area contributed by atoms with Crippen molar-refractivity contribution < 1.29 is 14.5 Å². The summed E-state index contributed by atoms with van der Waals surface area (Å²) in [4.78, 5) is 37.1. The van der Waals surface area contributed by atoms with Gasteiger partial charge >= 0.3 is 0 Å². The number of nitrogens with zero attached hydrogens (tertiary/aromatic N) is 2. The van der Waals surface area contributed by atoms with Crippen molar-refractivity contribution >= 4 is 29.3 Å². The van der Waals surface area contributed by atoms with E-state index in [1.807, 2.05) is 6.26 Å². The first kappa shape index (κ1) is 17.3. The van der Waals surface area contributed by atoms with Gasteiger partial charge in [-0.3, -0.25) is 19.7 Å². The zero-order chi connectivity index (χ0) is 16.8. The van der Waals surface area contributed by atoms with Crippen LogP contribution in [0.4, 0.5) is 5.69 Å². The Balaban J connectivity index is 1.97. The van der Waals surface area contributed by atoms with Crippen LogP contribution < -0.4 is 5.32 Å². The molecule has 2 rings (SSSR count). The van der Waals surface area contributed by atoms with Gasteiger partial charge in [0.1, 0.15) is 5.56 Å². The summed E-state index contributed by atoms with van der Waals surface area (Å²) in [6, 6.07) is 4.44. The first-order valence-electron chi connectivity index (χ1n) is 7.41. The average Bonchev–Trinajstić information content (AvgIpc) is 3.08. The van der Waals surface area contributed by atoms with Gasteiger partial charge in [0, 0.05) is 37.0 Å². The minimum atomic E-state index is -0.575. The smallest absolute Gasteiger partial charge is 0.282 e. The molecule has 1 N–H and O–H groups in total. The second-order valence-electron chi connectivity index (χ2n) is 5.23. The predicted molar refractivity (Wildman–Crippen MR) is 87.6 cm³/mol. The molecule has 23 heavy (non-hydrogen) atoms. The molecule has 1 aromatic rings. The molecule has 0 atom stereocenters. The highest BCUT2D eigenvalue weighted by Crippen LogP contribution is 2.24. The lowest BCUT2D eigenvalue weighted by molar-refractivity contribution is -0.385. The van der Waals surface area contributed by atoms with E-state index < -0.39 is 10.8 Å². The van der Waals surface area contributed by atoms with Crippen LogP contribution in [0.2, 0.25) is 0 Å². The molecule has 1 saturated heterocycles. The Morgan fingerprint density at radius 2 is 2.04 bits per heavy atom. The van der Waals surface area contributed by atoms with Crippen molar-refractivity contribution in [1.29, 1.82) is 0 Å². The molecular weight excluding hydrogens is 318 g/mol. The first-order chi connectivity index (χ1) is 11.0. The molecule has 8 heteroatoms. The second-order valence-corrected chi connectivity index (χ2v) is 6.11. The molecule has 0 bridgehead atoms. The molecule has 0 aliphatic carbocycles. The fraction of sp³-hybridized carbons (Fsp3) is 0.467. The van der Waals surface area contributed by atoms with Gasteiger partial charge in [0.05, 0.1) is 4.92 Å². The van der Waals surface area contributed by atoms with Gasteiger partial charge in [-0.25, -0.2) is 0 Å². The molecule has 0 aromatic heterocycles. The standard InChI is InChI=1S/C15H19N3O4S/c1-23-11-4-5-13(18(21)22)12(10-11)15(20)16-7-6-14(19)17-8-2-3-9-17/h4-5,10H,2-3,6-9H2,1H3,(H,16,20). The van der Waals surface area contributed by atoms with Crippen LogP contribution in [0.15, 0.2) is 23.1 Å². The Labute approximate surface area is 138 Å². The maximum atomic E-state index is 12.2. The number of nitro benzene ring substituents is 1. The van der Waals surface area contributed by atoms with Crippen LogP contribution in [0, 0.1) is 10.1 Å². The highest BCUT2D eigenvalue weighted by molar-refractivity contribution is 7.98. The minimum absolute atomic E-state index is 0.00941. The summed E-state index contributed by atoms with van der Waals surface area (Å²) in [6.07, 6.45) is 4.08. The maximum Gasteiger partial charge on any atom is 0.282 e. The number of carbonyl (C=O) groups is 2.